The lowest BCUT2D eigenvalue weighted by molar-refractivity contribution is 0.218. The zero-order valence-electron chi connectivity index (χ0n) is 12.4. The molecule has 0 amide bonds. The molecule has 1 aliphatic rings. The summed E-state index contributed by atoms with van der Waals surface area (Å²) in [5, 5.41) is 0. The molecule has 0 spiro atoms. The van der Waals surface area contributed by atoms with Gasteiger partial charge in [-0.2, -0.15) is 0 Å². The second-order valence-electron chi connectivity index (χ2n) is 5.92. The zero-order valence-corrected chi connectivity index (χ0v) is 12.4. The van der Waals surface area contributed by atoms with Crippen LogP contribution in [0.2, 0.25) is 0 Å². The summed E-state index contributed by atoms with van der Waals surface area (Å²) in [5.74, 6) is 1.84. The molecule has 2 rings (SSSR count). The molecule has 1 fully saturated rings. The van der Waals surface area contributed by atoms with Gasteiger partial charge in [-0.1, -0.05) is 57.6 Å². The third-order valence-electron chi connectivity index (χ3n) is 4.15. The topological polar surface area (TPSA) is 9.23 Å². The molecule has 0 bridgehead atoms. The Kier molecular flexibility index (Phi) is 6.26. The normalized spacial score (nSPS) is 17.7. The third-order valence-corrected chi connectivity index (χ3v) is 4.15. The second kappa shape index (κ2) is 8.24. The van der Waals surface area contributed by atoms with Gasteiger partial charge in [-0.3, -0.25) is 0 Å². The summed E-state index contributed by atoms with van der Waals surface area (Å²) in [5.41, 5.74) is 1.40. The van der Waals surface area contributed by atoms with Crippen LogP contribution < -0.4 is 4.74 Å². The molecule has 106 valence electrons. The Morgan fingerprint density at radius 2 is 1.79 bits per heavy atom. The first-order chi connectivity index (χ1) is 9.38. The molecule has 0 heterocycles. The molecule has 1 nitrogen and oxygen atoms in total. The van der Waals surface area contributed by atoms with E-state index in [0.717, 1.165) is 24.7 Å². The first-order valence-corrected chi connectivity index (χ1v) is 8.10. The van der Waals surface area contributed by atoms with Gasteiger partial charge in [0.2, 0.25) is 0 Å². The van der Waals surface area contributed by atoms with Crippen molar-refractivity contribution in [2.45, 2.75) is 64.7 Å². The Bertz CT molecular complexity index is 350. The van der Waals surface area contributed by atoms with Crippen molar-refractivity contribution in [2.75, 3.05) is 6.61 Å². The van der Waals surface area contributed by atoms with Crippen LogP contribution >= 0.6 is 0 Å². The van der Waals surface area contributed by atoms with Gasteiger partial charge >= 0.3 is 0 Å². The van der Waals surface area contributed by atoms with Crippen LogP contribution in [-0.2, 0) is 6.42 Å². The molecule has 1 aliphatic carbocycles. The zero-order chi connectivity index (χ0) is 13.3. The molecule has 0 atom stereocenters. The van der Waals surface area contributed by atoms with Crippen LogP contribution in [0.15, 0.2) is 24.3 Å². The predicted octanol–water partition coefficient (Wildman–Crippen LogP) is 5.38. The molecular weight excluding hydrogens is 232 g/mol. The fourth-order valence-corrected chi connectivity index (χ4v) is 3.00. The molecule has 0 saturated heterocycles. The molecule has 0 aromatic heterocycles. The Labute approximate surface area is 118 Å². The highest BCUT2D eigenvalue weighted by atomic mass is 16.5. The average Bonchev–Trinajstić information content (AvgIpc) is 2.38. The van der Waals surface area contributed by atoms with Gasteiger partial charge in [0.25, 0.3) is 0 Å². The average molecular weight is 260 g/mol. The molecule has 19 heavy (non-hydrogen) atoms. The molecule has 0 aliphatic heterocycles. The summed E-state index contributed by atoms with van der Waals surface area (Å²) in [4.78, 5) is 0. The van der Waals surface area contributed by atoms with Gasteiger partial charge in [0, 0.05) is 0 Å². The smallest absolute Gasteiger partial charge is 0.119 e. The van der Waals surface area contributed by atoms with E-state index in [9.17, 15) is 0 Å². The van der Waals surface area contributed by atoms with E-state index < -0.39 is 0 Å². The van der Waals surface area contributed by atoms with E-state index in [4.69, 9.17) is 4.74 Å². The van der Waals surface area contributed by atoms with E-state index in [-0.39, 0.29) is 0 Å². The number of aryl methyl sites for hydroxylation is 1. The van der Waals surface area contributed by atoms with Crippen molar-refractivity contribution in [1.82, 2.24) is 0 Å². The van der Waals surface area contributed by atoms with Crippen molar-refractivity contribution >= 4 is 0 Å². The van der Waals surface area contributed by atoms with E-state index >= 15 is 0 Å². The van der Waals surface area contributed by atoms with E-state index in [1.165, 1.54) is 56.9 Å². The van der Waals surface area contributed by atoms with E-state index in [1.54, 1.807) is 0 Å². The monoisotopic (exact) mass is 260 g/mol. The van der Waals surface area contributed by atoms with Crippen molar-refractivity contribution in [3.8, 4) is 5.75 Å². The number of benzene rings is 1. The Hall–Kier alpha value is -0.980. The minimum absolute atomic E-state index is 0.773. The molecule has 1 saturated carbocycles. The molecule has 0 N–H and O–H groups in total. The first-order valence-electron chi connectivity index (χ1n) is 8.10. The van der Waals surface area contributed by atoms with Crippen LogP contribution in [0.25, 0.3) is 0 Å². The molecule has 1 aromatic rings. The maximum absolute atomic E-state index is 6.03. The maximum Gasteiger partial charge on any atom is 0.119 e. The van der Waals surface area contributed by atoms with E-state index in [0.29, 0.717) is 0 Å². The van der Waals surface area contributed by atoms with Crippen molar-refractivity contribution in [3.63, 3.8) is 0 Å². The molecular formula is C18H28O. The van der Waals surface area contributed by atoms with E-state index in [2.05, 4.69) is 31.2 Å². The van der Waals surface area contributed by atoms with Crippen molar-refractivity contribution < 1.29 is 4.74 Å². The van der Waals surface area contributed by atoms with Crippen LogP contribution in [0.5, 0.6) is 5.75 Å². The minimum Gasteiger partial charge on any atom is -0.493 e. The van der Waals surface area contributed by atoms with Gasteiger partial charge in [-0.05, 0) is 42.9 Å². The van der Waals surface area contributed by atoms with Gasteiger partial charge in [0.05, 0.1) is 6.61 Å². The summed E-state index contributed by atoms with van der Waals surface area (Å²) < 4.78 is 6.03. The number of hydrogen-bond acceptors (Lipinski definition) is 1. The van der Waals surface area contributed by atoms with Crippen LogP contribution in [0, 0.1) is 5.92 Å². The lowest BCUT2D eigenvalue weighted by Crippen LogP contribution is -2.13. The fraction of sp³-hybridized carbons (Fsp3) is 0.667. The summed E-state index contributed by atoms with van der Waals surface area (Å²) in [6.45, 7) is 3.14. The lowest BCUT2D eigenvalue weighted by atomic mass is 9.92. The number of rotatable bonds is 5. The minimum atomic E-state index is 0.773. The molecule has 1 heteroatoms. The van der Waals surface area contributed by atoms with Crippen molar-refractivity contribution in [3.05, 3.63) is 29.8 Å². The highest BCUT2D eigenvalue weighted by Gasteiger charge is 2.12. The second-order valence-corrected chi connectivity index (χ2v) is 5.92. The highest BCUT2D eigenvalue weighted by Crippen LogP contribution is 2.23. The third kappa shape index (κ3) is 5.26. The van der Waals surface area contributed by atoms with Gasteiger partial charge in [0.1, 0.15) is 5.75 Å². The molecule has 0 radical (unpaired) electrons. The lowest BCUT2D eigenvalue weighted by Gasteiger charge is -2.20. The van der Waals surface area contributed by atoms with Crippen LogP contribution in [0.4, 0.5) is 0 Å². The van der Waals surface area contributed by atoms with Crippen molar-refractivity contribution in [2.24, 2.45) is 5.92 Å². The summed E-state index contributed by atoms with van der Waals surface area (Å²) in [7, 11) is 0. The van der Waals surface area contributed by atoms with Gasteiger partial charge in [-0.25, -0.2) is 0 Å². The van der Waals surface area contributed by atoms with Gasteiger partial charge in [-0.15, -0.1) is 0 Å². The van der Waals surface area contributed by atoms with Crippen LogP contribution in [-0.4, -0.2) is 6.61 Å². The SMILES string of the molecule is CCCc1cccc(OCC2CCCCCCC2)c1. The first kappa shape index (κ1) is 14.4. The predicted molar refractivity (Wildman–Crippen MR) is 81.7 cm³/mol. The largest absolute Gasteiger partial charge is 0.493 e. The summed E-state index contributed by atoms with van der Waals surface area (Å²) in [6, 6.07) is 8.64. The maximum atomic E-state index is 6.03. The summed E-state index contributed by atoms with van der Waals surface area (Å²) in [6.07, 6.45) is 12.1. The fourth-order valence-electron chi connectivity index (χ4n) is 3.00. The van der Waals surface area contributed by atoms with Crippen LogP contribution in [0.1, 0.15) is 63.9 Å². The number of hydrogen-bond donors (Lipinski definition) is 0. The Balaban J connectivity index is 1.81. The number of ether oxygens (including phenoxy) is 1. The highest BCUT2D eigenvalue weighted by molar-refractivity contribution is 5.28. The van der Waals surface area contributed by atoms with Gasteiger partial charge < -0.3 is 4.74 Å². The summed E-state index contributed by atoms with van der Waals surface area (Å²) >= 11 is 0. The van der Waals surface area contributed by atoms with E-state index in [1.807, 2.05) is 0 Å². The Morgan fingerprint density at radius 1 is 1.05 bits per heavy atom. The Morgan fingerprint density at radius 3 is 2.53 bits per heavy atom. The molecule has 1 aromatic carbocycles. The molecule has 0 unspecified atom stereocenters. The van der Waals surface area contributed by atoms with Gasteiger partial charge in [0.15, 0.2) is 0 Å². The van der Waals surface area contributed by atoms with Crippen LogP contribution in [0.3, 0.4) is 0 Å². The standard InChI is InChI=1S/C18H28O/c1-2-9-16-12-8-13-18(14-16)19-15-17-10-6-4-3-5-7-11-17/h8,12-14,17H,2-7,9-11,15H2,1H3. The quantitative estimate of drug-likeness (QED) is 0.690. The van der Waals surface area contributed by atoms with Crippen molar-refractivity contribution in [1.29, 1.82) is 0 Å².